The lowest BCUT2D eigenvalue weighted by Crippen LogP contribution is -2.82. The molecule has 0 fully saturated rings. The lowest BCUT2D eigenvalue weighted by molar-refractivity contribution is -0.670. The average Bonchev–Trinajstić information content (AvgIpc) is 2.62. The molecule has 26 heavy (non-hydrogen) atoms. The summed E-state index contributed by atoms with van der Waals surface area (Å²) in [6.07, 6.45) is 2.19. The van der Waals surface area contributed by atoms with E-state index in [0.717, 1.165) is 36.9 Å². The quantitative estimate of drug-likeness (QED) is 0.525. The van der Waals surface area contributed by atoms with E-state index in [1.165, 1.54) is 16.7 Å². The first-order chi connectivity index (χ1) is 12.6. The minimum Gasteiger partial charge on any atom is -0.497 e. The molecular weight excluding hydrogens is 326 g/mol. The third-order valence-electron chi connectivity index (χ3n) is 4.75. The molecule has 3 aromatic rings. The smallest absolute Gasteiger partial charge is 0.336 e. The Balaban J connectivity index is 1.60. The van der Waals surface area contributed by atoms with Crippen molar-refractivity contribution in [3.05, 3.63) is 75.1 Å². The van der Waals surface area contributed by atoms with Crippen molar-refractivity contribution in [2.45, 2.75) is 33.2 Å². The molecule has 0 aliphatic rings. The Bertz CT molecular complexity index is 959. The Morgan fingerprint density at radius 2 is 1.88 bits per heavy atom. The molecule has 1 aromatic heterocycles. The van der Waals surface area contributed by atoms with Crippen LogP contribution < -0.4 is 15.7 Å². The monoisotopic (exact) mass is 352 g/mol. The van der Waals surface area contributed by atoms with Crippen molar-refractivity contribution in [2.75, 3.05) is 13.7 Å². The van der Waals surface area contributed by atoms with Gasteiger partial charge in [0, 0.05) is 29.5 Å². The second-order valence-electron chi connectivity index (χ2n) is 6.77. The van der Waals surface area contributed by atoms with Gasteiger partial charge in [0.05, 0.1) is 13.7 Å². The SMILES string of the molecule is COc1ccc2c(C[NH2+]CCCc3ccc(C)cc3C)cc(=O)oc2c1. The van der Waals surface area contributed by atoms with Crippen molar-refractivity contribution in [2.24, 2.45) is 0 Å². The fourth-order valence-electron chi connectivity index (χ4n) is 3.33. The summed E-state index contributed by atoms with van der Waals surface area (Å²) >= 11 is 0. The van der Waals surface area contributed by atoms with Gasteiger partial charge in [-0.05, 0) is 43.5 Å². The molecular formula is C22H26NO3+. The summed E-state index contributed by atoms with van der Waals surface area (Å²) in [5.74, 6) is 0.690. The average molecular weight is 352 g/mol. The number of aryl methyl sites for hydroxylation is 3. The zero-order chi connectivity index (χ0) is 18.5. The first-order valence-corrected chi connectivity index (χ1v) is 9.05. The van der Waals surface area contributed by atoms with Gasteiger partial charge < -0.3 is 14.5 Å². The van der Waals surface area contributed by atoms with Crippen molar-refractivity contribution in [3.8, 4) is 5.75 Å². The zero-order valence-corrected chi connectivity index (χ0v) is 15.7. The van der Waals surface area contributed by atoms with Crippen LogP contribution in [-0.2, 0) is 13.0 Å². The number of hydrogen-bond donors (Lipinski definition) is 1. The van der Waals surface area contributed by atoms with Crippen LogP contribution in [0.5, 0.6) is 5.75 Å². The normalized spacial score (nSPS) is 11.0. The van der Waals surface area contributed by atoms with Crippen LogP contribution in [0.3, 0.4) is 0 Å². The minimum atomic E-state index is -0.315. The summed E-state index contributed by atoms with van der Waals surface area (Å²) in [7, 11) is 1.60. The van der Waals surface area contributed by atoms with Crippen LogP contribution in [0.15, 0.2) is 51.7 Å². The van der Waals surface area contributed by atoms with Gasteiger partial charge in [-0.1, -0.05) is 23.8 Å². The maximum Gasteiger partial charge on any atom is 0.336 e. The summed E-state index contributed by atoms with van der Waals surface area (Å²) in [4.78, 5) is 11.8. The lowest BCUT2D eigenvalue weighted by Gasteiger charge is -2.08. The molecule has 0 aliphatic heterocycles. The highest BCUT2D eigenvalue weighted by molar-refractivity contribution is 5.81. The molecule has 4 heteroatoms. The Morgan fingerprint density at radius 3 is 2.65 bits per heavy atom. The van der Waals surface area contributed by atoms with E-state index < -0.39 is 0 Å². The largest absolute Gasteiger partial charge is 0.497 e. The molecule has 0 atom stereocenters. The highest BCUT2D eigenvalue weighted by Gasteiger charge is 2.08. The summed E-state index contributed by atoms with van der Waals surface area (Å²) in [5, 5.41) is 3.22. The minimum absolute atomic E-state index is 0.315. The Labute approximate surface area is 153 Å². The van der Waals surface area contributed by atoms with E-state index in [0.29, 0.717) is 11.3 Å². The van der Waals surface area contributed by atoms with E-state index in [-0.39, 0.29) is 5.63 Å². The van der Waals surface area contributed by atoms with E-state index in [2.05, 4.69) is 37.4 Å². The van der Waals surface area contributed by atoms with Gasteiger partial charge in [0.15, 0.2) is 0 Å². The number of ether oxygens (including phenoxy) is 1. The number of methoxy groups -OCH3 is 1. The van der Waals surface area contributed by atoms with Gasteiger partial charge in [-0.15, -0.1) is 0 Å². The summed E-state index contributed by atoms with van der Waals surface area (Å²) in [6.45, 7) is 6.09. The molecule has 2 N–H and O–H groups in total. The predicted molar refractivity (Wildman–Crippen MR) is 104 cm³/mol. The van der Waals surface area contributed by atoms with E-state index >= 15 is 0 Å². The van der Waals surface area contributed by atoms with Gasteiger partial charge in [-0.25, -0.2) is 4.79 Å². The van der Waals surface area contributed by atoms with Gasteiger partial charge in [-0.3, -0.25) is 0 Å². The maximum absolute atomic E-state index is 11.8. The molecule has 0 radical (unpaired) electrons. The second-order valence-corrected chi connectivity index (χ2v) is 6.77. The van der Waals surface area contributed by atoms with Crippen LogP contribution in [0.2, 0.25) is 0 Å². The fraction of sp³-hybridized carbons (Fsp3) is 0.318. The zero-order valence-electron chi connectivity index (χ0n) is 15.7. The molecule has 1 heterocycles. The number of benzene rings is 2. The Morgan fingerprint density at radius 1 is 1.04 bits per heavy atom. The molecule has 0 unspecified atom stereocenters. The van der Waals surface area contributed by atoms with Crippen LogP contribution in [0.4, 0.5) is 0 Å². The summed E-state index contributed by atoms with van der Waals surface area (Å²) in [6, 6.07) is 13.9. The Kier molecular flexibility index (Phi) is 5.74. The summed E-state index contributed by atoms with van der Waals surface area (Å²) < 4.78 is 10.5. The number of quaternary nitrogens is 1. The van der Waals surface area contributed by atoms with Gasteiger partial charge in [0.2, 0.25) is 0 Å². The Hall–Kier alpha value is -2.59. The topological polar surface area (TPSA) is 56.0 Å². The van der Waals surface area contributed by atoms with Crippen molar-refractivity contribution >= 4 is 11.0 Å². The predicted octanol–water partition coefficient (Wildman–Crippen LogP) is 3.11. The molecule has 4 nitrogen and oxygen atoms in total. The van der Waals surface area contributed by atoms with Crippen LogP contribution in [0, 0.1) is 13.8 Å². The molecule has 2 aromatic carbocycles. The first-order valence-electron chi connectivity index (χ1n) is 9.05. The number of hydrogen-bond acceptors (Lipinski definition) is 3. The van der Waals surface area contributed by atoms with Crippen LogP contribution in [0.1, 0.15) is 28.7 Å². The van der Waals surface area contributed by atoms with Gasteiger partial charge in [0.1, 0.15) is 17.9 Å². The van der Waals surface area contributed by atoms with Crippen molar-refractivity contribution in [1.82, 2.24) is 0 Å². The number of nitrogens with two attached hydrogens (primary N) is 1. The second kappa shape index (κ2) is 8.19. The van der Waals surface area contributed by atoms with Gasteiger partial charge in [0.25, 0.3) is 0 Å². The van der Waals surface area contributed by atoms with Crippen LogP contribution >= 0.6 is 0 Å². The highest BCUT2D eigenvalue weighted by Crippen LogP contribution is 2.22. The number of fused-ring (bicyclic) bond motifs is 1. The highest BCUT2D eigenvalue weighted by atomic mass is 16.5. The third kappa shape index (κ3) is 4.33. The molecule has 0 amide bonds. The van der Waals surface area contributed by atoms with Crippen LogP contribution in [0.25, 0.3) is 11.0 Å². The van der Waals surface area contributed by atoms with Crippen LogP contribution in [-0.4, -0.2) is 13.7 Å². The molecule has 0 aliphatic carbocycles. The summed E-state index contributed by atoms with van der Waals surface area (Å²) in [5.41, 5.74) is 5.36. The molecule has 0 saturated heterocycles. The molecule has 0 spiro atoms. The van der Waals surface area contributed by atoms with E-state index in [1.54, 1.807) is 19.2 Å². The molecule has 3 rings (SSSR count). The molecule has 136 valence electrons. The lowest BCUT2D eigenvalue weighted by atomic mass is 10.0. The first kappa shape index (κ1) is 18.2. The van der Waals surface area contributed by atoms with Crippen molar-refractivity contribution in [3.63, 3.8) is 0 Å². The van der Waals surface area contributed by atoms with Crippen molar-refractivity contribution < 1.29 is 14.5 Å². The van der Waals surface area contributed by atoms with E-state index in [4.69, 9.17) is 9.15 Å². The van der Waals surface area contributed by atoms with E-state index in [9.17, 15) is 4.79 Å². The van der Waals surface area contributed by atoms with E-state index in [1.807, 2.05) is 12.1 Å². The standard InChI is InChI=1S/C22H25NO3/c1-15-6-7-17(16(2)11-15)5-4-10-23-14-18-12-22(24)26-21-13-19(25-3)8-9-20(18)21/h6-9,11-13,23H,4-5,10,14H2,1-3H3/p+1. The molecule has 0 bridgehead atoms. The fourth-order valence-corrected chi connectivity index (χ4v) is 3.33. The van der Waals surface area contributed by atoms with Gasteiger partial charge >= 0.3 is 5.63 Å². The van der Waals surface area contributed by atoms with Gasteiger partial charge in [-0.2, -0.15) is 0 Å². The number of rotatable bonds is 7. The third-order valence-corrected chi connectivity index (χ3v) is 4.75. The molecule has 0 saturated carbocycles. The maximum atomic E-state index is 11.8. The van der Waals surface area contributed by atoms with Crippen molar-refractivity contribution in [1.29, 1.82) is 0 Å².